The third-order valence-corrected chi connectivity index (χ3v) is 9.87. The van der Waals surface area contributed by atoms with Crippen LogP contribution < -0.4 is 24.4 Å². The van der Waals surface area contributed by atoms with Gasteiger partial charge in [-0.2, -0.15) is 0 Å². The Bertz CT molecular complexity index is 2180. The number of thiazole rings is 1. The van der Waals surface area contributed by atoms with Crippen molar-refractivity contribution in [2.75, 3.05) is 13.7 Å². The van der Waals surface area contributed by atoms with E-state index < -0.39 is 12.0 Å². The van der Waals surface area contributed by atoms with Gasteiger partial charge in [-0.15, -0.1) is 0 Å². The van der Waals surface area contributed by atoms with Crippen molar-refractivity contribution in [1.82, 2.24) is 4.57 Å². The highest BCUT2D eigenvalue weighted by molar-refractivity contribution is 14.1. The lowest BCUT2D eigenvalue weighted by Crippen LogP contribution is -2.40. The van der Waals surface area contributed by atoms with E-state index in [2.05, 4.69) is 45.2 Å². The van der Waals surface area contributed by atoms with Gasteiger partial charge in [-0.3, -0.25) is 9.36 Å². The van der Waals surface area contributed by atoms with Gasteiger partial charge in [-0.25, -0.2) is 14.2 Å². The summed E-state index contributed by atoms with van der Waals surface area (Å²) >= 11 is 5.62. The second-order valence-corrected chi connectivity index (χ2v) is 13.8. The number of benzene rings is 4. The van der Waals surface area contributed by atoms with Gasteiger partial charge in [0.2, 0.25) is 0 Å². The molecular formula is C36H27FI2N2O5S. The first-order chi connectivity index (χ1) is 22.8. The minimum atomic E-state index is -0.818. The molecule has 47 heavy (non-hydrogen) atoms. The molecular weight excluding hydrogens is 845 g/mol. The summed E-state index contributed by atoms with van der Waals surface area (Å²) in [4.78, 5) is 33.4. The van der Waals surface area contributed by atoms with Crippen LogP contribution in [0.1, 0.15) is 35.2 Å². The molecule has 0 radical (unpaired) electrons. The lowest BCUT2D eigenvalue weighted by Gasteiger charge is -2.26. The van der Waals surface area contributed by atoms with Gasteiger partial charge in [0.1, 0.15) is 23.9 Å². The quantitative estimate of drug-likeness (QED) is 0.120. The zero-order chi connectivity index (χ0) is 33.1. The monoisotopic (exact) mass is 872 g/mol. The molecule has 0 N–H and O–H groups in total. The first-order valence-corrected chi connectivity index (χ1v) is 17.5. The Hall–Kier alpha value is -3.82. The fourth-order valence-corrected chi connectivity index (χ4v) is 8.33. The maximum Gasteiger partial charge on any atom is 0.338 e. The van der Waals surface area contributed by atoms with Crippen molar-refractivity contribution in [2.45, 2.75) is 19.6 Å². The highest BCUT2D eigenvalue weighted by Crippen LogP contribution is 2.36. The smallest absolute Gasteiger partial charge is 0.338 e. The molecule has 0 spiro atoms. The zero-order valence-electron chi connectivity index (χ0n) is 25.2. The van der Waals surface area contributed by atoms with Gasteiger partial charge in [0, 0.05) is 20.3 Å². The highest BCUT2D eigenvalue weighted by Gasteiger charge is 2.35. The van der Waals surface area contributed by atoms with Crippen LogP contribution in [0, 0.1) is 13.0 Å². The second-order valence-electron chi connectivity index (χ2n) is 10.4. The number of fused-ring (bicyclic) bond motifs is 1. The Labute approximate surface area is 301 Å². The average molecular weight is 872 g/mol. The number of carbonyl (C=O) groups is 1. The molecule has 0 amide bonds. The zero-order valence-corrected chi connectivity index (χ0v) is 30.3. The van der Waals surface area contributed by atoms with Crippen molar-refractivity contribution < 1.29 is 23.4 Å². The van der Waals surface area contributed by atoms with Gasteiger partial charge in [0.25, 0.3) is 5.56 Å². The van der Waals surface area contributed by atoms with E-state index >= 15 is 0 Å². The predicted octanol–water partition coefficient (Wildman–Crippen LogP) is 6.87. The Morgan fingerprint density at radius 3 is 2.45 bits per heavy atom. The molecule has 1 aliphatic rings. The molecule has 5 aromatic rings. The maximum atomic E-state index is 14.4. The van der Waals surface area contributed by atoms with Gasteiger partial charge in [-0.1, -0.05) is 72.0 Å². The van der Waals surface area contributed by atoms with Gasteiger partial charge in [-0.05, 0) is 94.1 Å². The van der Waals surface area contributed by atoms with Gasteiger partial charge >= 0.3 is 5.97 Å². The summed E-state index contributed by atoms with van der Waals surface area (Å²) in [5.41, 5.74) is 2.89. The lowest BCUT2D eigenvalue weighted by atomic mass is 9.93. The number of methoxy groups -OCH3 is 1. The molecule has 1 aromatic heterocycles. The first-order valence-electron chi connectivity index (χ1n) is 14.6. The van der Waals surface area contributed by atoms with Gasteiger partial charge < -0.3 is 14.2 Å². The van der Waals surface area contributed by atoms with E-state index in [0.29, 0.717) is 43.2 Å². The van der Waals surface area contributed by atoms with E-state index in [1.165, 1.54) is 17.4 Å². The predicted molar refractivity (Wildman–Crippen MR) is 197 cm³/mol. The number of carbonyl (C=O) groups excluding carboxylic acids is 1. The van der Waals surface area contributed by atoms with Crippen molar-refractivity contribution in [3.8, 4) is 11.5 Å². The van der Waals surface area contributed by atoms with E-state index in [9.17, 15) is 14.0 Å². The normalized spacial score (nSPS) is 14.4. The van der Waals surface area contributed by atoms with E-state index in [-0.39, 0.29) is 30.2 Å². The van der Waals surface area contributed by atoms with Crippen LogP contribution in [-0.4, -0.2) is 24.3 Å². The summed E-state index contributed by atoms with van der Waals surface area (Å²) in [6, 6.07) is 26.2. The fraction of sp³-hybridized carbons (Fsp3) is 0.139. The molecule has 0 saturated heterocycles. The van der Waals surface area contributed by atoms with E-state index in [4.69, 9.17) is 19.2 Å². The Kier molecular flexibility index (Phi) is 10.2. The third kappa shape index (κ3) is 6.92. The number of hydrogen-bond acceptors (Lipinski definition) is 7. The molecule has 0 aliphatic carbocycles. The van der Waals surface area contributed by atoms with E-state index in [1.54, 1.807) is 55.0 Å². The molecule has 1 atom stereocenters. The standard InChI is InChI=1S/C36H27FI2N2O5S/c1-3-45-35(43)30-31(21-9-5-4-6-10-21)40-36-41(32(30)22-13-15-26(44-2)16-14-22)34(42)29(47-36)18-24-17-25(38)19-28(39)33(24)46-20-23-11-7-8-12-27(23)37/h4-19,32H,3,20H2,1-2H3/b29-18-/t32-/m1/s1. The number of aromatic nitrogens is 1. The van der Waals surface area contributed by atoms with Crippen LogP contribution in [0.4, 0.5) is 4.39 Å². The number of esters is 1. The lowest BCUT2D eigenvalue weighted by molar-refractivity contribution is -0.138. The summed E-state index contributed by atoms with van der Waals surface area (Å²) in [5, 5.41) is 0. The summed E-state index contributed by atoms with van der Waals surface area (Å²) in [7, 11) is 1.58. The number of halogens is 3. The van der Waals surface area contributed by atoms with Crippen molar-refractivity contribution in [2.24, 2.45) is 4.99 Å². The minimum Gasteiger partial charge on any atom is -0.497 e. The Morgan fingerprint density at radius 1 is 1.02 bits per heavy atom. The van der Waals surface area contributed by atoms with Gasteiger partial charge in [0.15, 0.2) is 4.80 Å². The van der Waals surface area contributed by atoms with Crippen LogP contribution in [0.15, 0.2) is 106 Å². The number of rotatable bonds is 9. The molecule has 238 valence electrons. The van der Waals surface area contributed by atoms with Crippen LogP contribution in [-0.2, 0) is 16.1 Å². The largest absolute Gasteiger partial charge is 0.497 e. The van der Waals surface area contributed by atoms with Gasteiger partial charge in [0.05, 0.1) is 39.1 Å². The van der Waals surface area contributed by atoms with Crippen LogP contribution in [0.3, 0.4) is 0 Å². The highest BCUT2D eigenvalue weighted by atomic mass is 127. The number of ether oxygens (including phenoxy) is 3. The SMILES string of the molecule is CCOC(=O)C1=C(c2ccccc2)N=c2s/c(=C\c3cc(I)cc(I)c3OCc3ccccc3F)c(=O)n2[C@@H]1c1ccc(OC)cc1. The molecule has 0 saturated carbocycles. The molecule has 0 unspecified atom stereocenters. The summed E-state index contributed by atoms with van der Waals surface area (Å²) < 4.78 is 35.2. The van der Waals surface area contributed by atoms with Crippen molar-refractivity contribution in [3.63, 3.8) is 0 Å². The topological polar surface area (TPSA) is 79.1 Å². The molecule has 0 bridgehead atoms. The maximum absolute atomic E-state index is 14.4. The molecule has 11 heteroatoms. The van der Waals surface area contributed by atoms with Crippen LogP contribution in [0.25, 0.3) is 11.8 Å². The van der Waals surface area contributed by atoms with Crippen LogP contribution in [0.5, 0.6) is 11.5 Å². The van der Waals surface area contributed by atoms with E-state index in [0.717, 1.165) is 12.7 Å². The summed E-state index contributed by atoms with van der Waals surface area (Å²) in [6.07, 6.45) is 1.77. The third-order valence-electron chi connectivity index (χ3n) is 7.46. The Morgan fingerprint density at radius 2 is 1.74 bits per heavy atom. The number of nitrogens with zero attached hydrogens (tertiary/aromatic N) is 2. The fourth-order valence-electron chi connectivity index (χ4n) is 5.29. The molecule has 1 aliphatic heterocycles. The van der Waals surface area contributed by atoms with Crippen molar-refractivity contribution in [1.29, 1.82) is 0 Å². The molecule has 4 aromatic carbocycles. The molecule has 0 fully saturated rings. The molecule has 7 nitrogen and oxygen atoms in total. The summed E-state index contributed by atoms with van der Waals surface area (Å²) in [6.45, 7) is 1.92. The van der Waals surface area contributed by atoms with E-state index in [1.807, 2.05) is 54.6 Å². The van der Waals surface area contributed by atoms with Crippen molar-refractivity contribution >= 4 is 74.3 Å². The molecule has 2 heterocycles. The molecule has 6 rings (SSSR count). The number of hydrogen-bond donors (Lipinski definition) is 0. The summed E-state index contributed by atoms with van der Waals surface area (Å²) in [5.74, 6) is 0.264. The Balaban J connectivity index is 1.56. The minimum absolute atomic E-state index is 0.0200. The first kappa shape index (κ1) is 33.1. The van der Waals surface area contributed by atoms with Crippen LogP contribution in [0.2, 0.25) is 0 Å². The van der Waals surface area contributed by atoms with Crippen LogP contribution >= 0.6 is 56.5 Å². The average Bonchev–Trinajstić information content (AvgIpc) is 3.38. The second kappa shape index (κ2) is 14.5. The van der Waals surface area contributed by atoms with Crippen molar-refractivity contribution in [3.05, 3.63) is 151 Å².